The number of nitroso groups, excluding NO2 is 1. The number of rotatable bonds is 1. The second-order valence-electron chi connectivity index (χ2n) is 2.99. The molecule has 0 aliphatic heterocycles. The van der Waals surface area contributed by atoms with E-state index in [0.29, 0.717) is 16.7 Å². The molecule has 0 amide bonds. The van der Waals surface area contributed by atoms with Gasteiger partial charge in [-0.2, -0.15) is 4.91 Å². The molecule has 0 spiro atoms. The molecule has 0 aromatic carbocycles. The monoisotopic (exact) mass is 201 g/mol. The van der Waals surface area contributed by atoms with Crippen molar-refractivity contribution in [3.05, 3.63) is 17.1 Å². The second kappa shape index (κ2) is 2.16. The lowest BCUT2D eigenvalue weighted by molar-refractivity contribution is 0.588. The lowest BCUT2D eigenvalue weighted by Gasteiger charge is -2.15. The SMILES string of the molecule is O=N[C@H]1[C@@H](Br)[C@H]2C=C[C@@H]1C2. The number of halogens is 1. The van der Waals surface area contributed by atoms with Gasteiger partial charge in [-0.15, -0.1) is 0 Å². The summed E-state index contributed by atoms with van der Waals surface area (Å²) in [5.74, 6) is 0.986. The van der Waals surface area contributed by atoms with Crippen LogP contribution in [0.15, 0.2) is 17.3 Å². The molecule has 2 aliphatic carbocycles. The van der Waals surface area contributed by atoms with Crippen LogP contribution in [-0.2, 0) is 0 Å². The maximum atomic E-state index is 10.3. The molecule has 0 saturated heterocycles. The molecule has 4 atom stereocenters. The Labute approximate surface area is 67.8 Å². The van der Waals surface area contributed by atoms with Crippen LogP contribution in [0, 0.1) is 16.7 Å². The molecule has 2 rings (SSSR count). The largest absolute Gasteiger partial charge is 0.150 e. The van der Waals surface area contributed by atoms with Gasteiger partial charge in [-0.05, 0) is 12.3 Å². The number of nitrogens with zero attached hydrogens (tertiary/aromatic N) is 1. The average Bonchev–Trinajstić information content (AvgIpc) is 2.46. The Hall–Kier alpha value is -0.180. The van der Waals surface area contributed by atoms with Gasteiger partial charge in [0.05, 0.1) is 0 Å². The van der Waals surface area contributed by atoms with E-state index < -0.39 is 0 Å². The zero-order valence-electron chi connectivity index (χ0n) is 5.40. The summed E-state index contributed by atoms with van der Waals surface area (Å²) >= 11 is 3.48. The minimum absolute atomic E-state index is 0.00463. The van der Waals surface area contributed by atoms with Crippen molar-refractivity contribution in [1.82, 2.24) is 0 Å². The Morgan fingerprint density at radius 2 is 2.10 bits per heavy atom. The first-order chi connectivity index (χ1) is 4.83. The first-order valence-electron chi connectivity index (χ1n) is 3.48. The Morgan fingerprint density at radius 1 is 1.40 bits per heavy atom. The van der Waals surface area contributed by atoms with Crippen LogP contribution >= 0.6 is 15.9 Å². The molecule has 0 radical (unpaired) electrons. The lowest BCUT2D eigenvalue weighted by atomic mass is 10.0. The molecule has 0 aromatic rings. The number of fused-ring (bicyclic) bond motifs is 2. The van der Waals surface area contributed by atoms with Crippen molar-refractivity contribution in [2.75, 3.05) is 0 Å². The third-order valence-corrected chi connectivity index (χ3v) is 3.67. The highest BCUT2D eigenvalue weighted by atomic mass is 79.9. The number of allylic oxidation sites excluding steroid dienone is 1. The zero-order chi connectivity index (χ0) is 7.14. The molecule has 0 unspecified atom stereocenters. The maximum absolute atomic E-state index is 10.3. The van der Waals surface area contributed by atoms with Crippen LogP contribution in [0.3, 0.4) is 0 Å². The summed E-state index contributed by atoms with van der Waals surface area (Å²) in [4.78, 5) is 10.6. The van der Waals surface area contributed by atoms with Crippen molar-refractivity contribution in [1.29, 1.82) is 0 Å². The minimum atomic E-state index is -0.00463. The van der Waals surface area contributed by atoms with Crippen LogP contribution in [0.2, 0.25) is 0 Å². The molecule has 54 valence electrons. The highest BCUT2D eigenvalue weighted by Crippen LogP contribution is 2.44. The van der Waals surface area contributed by atoms with E-state index in [9.17, 15) is 4.91 Å². The van der Waals surface area contributed by atoms with Crippen molar-refractivity contribution in [3.63, 3.8) is 0 Å². The minimum Gasteiger partial charge on any atom is -0.150 e. The van der Waals surface area contributed by atoms with Gasteiger partial charge in [0.25, 0.3) is 0 Å². The van der Waals surface area contributed by atoms with E-state index in [1.807, 2.05) is 0 Å². The van der Waals surface area contributed by atoms with Gasteiger partial charge in [0.2, 0.25) is 0 Å². The summed E-state index contributed by atoms with van der Waals surface area (Å²) in [6.07, 6.45) is 5.42. The number of hydrogen-bond acceptors (Lipinski definition) is 2. The highest BCUT2D eigenvalue weighted by Gasteiger charge is 2.44. The molecule has 2 aliphatic rings. The molecule has 2 nitrogen and oxygen atoms in total. The Bertz CT molecular complexity index is 192. The van der Waals surface area contributed by atoms with Gasteiger partial charge in [-0.3, -0.25) is 0 Å². The van der Waals surface area contributed by atoms with E-state index in [4.69, 9.17) is 0 Å². The summed E-state index contributed by atoms with van der Waals surface area (Å²) in [5.41, 5.74) is 0. The smallest absolute Gasteiger partial charge is 0.111 e. The summed E-state index contributed by atoms with van der Waals surface area (Å²) in [6, 6.07) is -0.00463. The fourth-order valence-electron chi connectivity index (χ4n) is 1.87. The molecule has 1 saturated carbocycles. The van der Waals surface area contributed by atoms with E-state index in [-0.39, 0.29) is 6.04 Å². The topological polar surface area (TPSA) is 29.4 Å². The van der Waals surface area contributed by atoms with Gasteiger partial charge in [0.15, 0.2) is 0 Å². The van der Waals surface area contributed by atoms with Crippen molar-refractivity contribution < 1.29 is 0 Å². The van der Waals surface area contributed by atoms with Gasteiger partial charge >= 0.3 is 0 Å². The third-order valence-electron chi connectivity index (χ3n) is 2.45. The van der Waals surface area contributed by atoms with E-state index in [1.54, 1.807) is 0 Å². The first kappa shape index (κ1) is 6.53. The maximum Gasteiger partial charge on any atom is 0.111 e. The summed E-state index contributed by atoms with van der Waals surface area (Å²) < 4.78 is 0. The van der Waals surface area contributed by atoms with Crippen LogP contribution in [0.5, 0.6) is 0 Å². The van der Waals surface area contributed by atoms with Crippen molar-refractivity contribution >= 4 is 15.9 Å². The number of hydrogen-bond donors (Lipinski definition) is 0. The summed E-state index contributed by atoms with van der Waals surface area (Å²) in [6.45, 7) is 0. The Kier molecular flexibility index (Phi) is 1.41. The average molecular weight is 202 g/mol. The van der Waals surface area contributed by atoms with Gasteiger partial charge < -0.3 is 0 Å². The standard InChI is InChI=1S/C7H8BrNO/c8-6-4-1-2-5(3-4)7(6)9-10/h1-2,4-7H,3H2/t4-,5+,6-,7+/m0/s1. The molecular formula is C7H8BrNO. The van der Waals surface area contributed by atoms with Crippen LogP contribution in [-0.4, -0.2) is 10.9 Å². The molecule has 0 aromatic heterocycles. The first-order valence-corrected chi connectivity index (χ1v) is 4.39. The van der Waals surface area contributed by atoms with E-state index in [1.165, 1.54) is 0 Å². The second-order valence-corrected chi connectivity index (χ2v) is 4.05. The van der Waals surface area contributed by atoms with Crippen molar-refractivity contribution in [3.8, 4) is 0 Å². The van der Waals surface area contributed by atoms with Crippen LogP contribution < -0.4 is 0 Å². The zero-order valence-corrected chi connectivity index (χ0v) is 6.99. The molecule has 3 heteroatoms. The van der Waals surface area contributed by atoms with Crippen molar-refractivity contribution in [2.45, 2.75) is 17.3 Å². The Morgan fingerprint density at radius 3 is 2.50 bits per heavy atom. The fourth-order valence-corrected chi connectivity index (χ4v) is 2.75. The van der Waals surface area contributed by atoms with Gasteiger partial charge in [0, 0.05) is 10.7 Å². The van der Waals surface area contributed by atoms with Gasteiger partial charge in [0.1, 0.15) is 6.04 Å². The van der Waals surface area contributed by atoms with Crippen LogP contribution in [0.25, 0.3) is 0 Å². The molecule has 2 bridgehead atoms. The third kappa shape index (κ3) is 0.698. The predicted molar refractivity (Wildman–Crippen MR) is 43.0 cm³/mol. The summed E-state index contributed by atoms with van der Waals surface area (Å²) in [5, 5.41) is 3.10. The Balaban J connectivity index is 2.25. The normalized spacial score (nSPS) is 50.1. The molecule has 0 heterocycles. The predicted octanol–water partition coefficient (Wildman–Crippen LogP) is 2.09. The highest BCUT2D eigenvalue weighted by molar-refractivity contribution is 9.09. The van der Waals surface area contributed by atoms with Crippen molar-refractivity contribution in [2.24, 2.45) is 17.0 Å². The van der Waals surface area contributed by atoms with Gasteiger partial charge in [-0.1, -0.05) is 33.3 Å². The molecule has 1 fully saturated rings. The number of alkyl halides is 1. The van der Waals surface area contributed by atoms with E-state index in [0.717, 1.165) is 6.42 Å². The molecule has 10 heavy (non-hydrogen) atoms. The van der Waals surface area contributed by atoms with E-state index >= 15 is 0 Å². The lowest BCUT2D eigenvalue weighted by Crippen LogP contribution is -2.22. The molecule has 0 N–H and O–H groups in total. The molecular weight excluding hydrogens is 194 g/mol. The fraction of sp³-hybridized carbons (Fsp3) is 0.714. The van der Waals surface area contributed by atoms with Crippen LogP contribution in [0.4, 0.5) is 0 Å². The van der Waals surface area contributed by atoms with Crippen LogP contribution in [0.1, 0.15) is 6.42 Å². The quantitative estimate of drug-likeness (QED) is 0.363. The van der Waals surface area contributed by atoms with E-state index in [2.05, 4.69) is 33.3 Å². The van der Waals surface area contributed by atoms with Gasteiger partial charge in [-0.25, -0.2) is 0 Å². The summed E-state index contributed by atoms with van der Waals surface area (Å²) in [7, 11) is 0.